The Morgan fingerprint density at radius 2 is 1.91 bits per heavy atom. The fourth-order valence-corrected chi connectivity index (χ4v) is 3.96. The number of hydrogen-bond acceptors (Lipinski definition) is 0. The van der Waals surface area contributed by atoms with Crippen molar-refractivity contribution in [2.75, 3.05) is 0 Å². The van der Waals surface area contributed by atoms with Crippen molar-refractivity contribution < 1.29 is 0 Å². The Bertz CT molecular complexity index is 183. The van der Waals surface area contributed by atoms with Gasteiger partial charge in [0, 0.05) is 5.38 Å². The van der Waals surface area contributed by atoms with Crippen molar-refractivity contribution in [3.05, 3.63) is 0 Å². The lowest BCUT2D eigenvalue weighted by Gasteiger charge is -2.33. The molecule has 0 aromatic heterocycles. The second kappa shape index (κ2) is 1.96. The third-order valence-electron chi connectivity index (χ3n) is 4.57. The molecule has 3 atom stereocenters. The van der Waals surface area contributed by atoms with Gasteiger partial charge in [-0.2, -0.15) is 0 Å². The van der Waals surface area contributed by atoms with Crippen LogP contribution in [0.25, 0.3) is 0 Å². The highest BCUT2D eigenvalue weighted by atomic mass is 35.5. The Labute approximate surface area is 74.3 Å². The highest BCUT2D eigenvalue weighted by Crippen LogP contribution is 2.66. The molecular weight excluding hydrogens is 156 g/mol. The molecule has 0 spiro atoms. The molecule has 2 rings (SSSR count). The van der Waals surface area contributed by atoms with Crippen molar-refractivity contribution in [1.29, 1.82) is 0 Å². The van der Waals surface area contributed by atoms with Gasteiger partial charge in [-0.3, -0.25) is 0 Å². The highest BCUT2D eigenvalue weighted by Gasteiger charge is 2.59. The van der Waals surface area contributed by atoms with E-state index in [1.54, 1.807) is 0 Å². The highest BCUT2D eigenvalue weighted by molar-refractivity contribution is 6.21. The maximum Gasteiger partial charge on any atom is 0.0374 e. The first-order valence-corrected chi connectivity index (χ1v) is 5.05. The summed E-state index contributed by atoms with van der Waals surface area (Å²) in [6.45, 7) is 7.20. The number of rotatable bonds is 0. The Balaban J connectivity index is 2.37. The molecule has 0 amide bonds. The number of fused-ring (bicyclic) bond motifs is 2. The van der Waals surface area contributed by atoms with E-state index in [-0.39, 0.29) is 0 Å². The summed E-state index contributed by atoms with van der Waals surface area (Å²) in [4.78, 5) is 0. The van der Waals surface area contributed by atoms with Gasteiger partial charge in [0.25, 0.3) is 0 Å². The molecule has 0 heterocycles. The predicted molar refractivity (Wildman–Crippen MR) is 48.9 cm³/mol. The Kier molecular flexibility index (Phi) is 1.41. The molecule has 64 valence electrons. The first-order valence-electron chi connectivity index (χ1n) is 4.61. The van der Waals surface area contributed by atoms with Gasteiger partial charge in [0.05, 0.1) is 0 Å². The Morgan fingerprint density at radius 3 is 2.09 bits per heavy atom. The van der Waals surface area contributed by atoms with E-state index < -0.39 is 0 Å². The topological polar surface area (TPSA) is 0 Å². The third kappa shape index (κ3) is 0.771. The van der Waals surface area contributed by atoms with Crippen molar-refractivity contribution in [2.45, 2.75) is 45.4 Å². The summed E-state index contributed by atoms with van der Waals surface area (Å²) in [5, 5.41) is 0.462. The number of hydrogen-bond donors (Lipinski definition) is 0. The van der Waals surface area contributed by atoms with Crippen LogP contribution in [0, 0.1) is 16.7 Å². The van der Waals surface area contributed by atoms with Crippen LogP contribution in [0.15, 0.2) is 0 Å². The van der Waals surface area contributed by atoms with E-state index in [0.717, 1.165) is 5.92 Å². The largest absolute Gasteiger partial charge is 0.123 e. The van der Waals surface area contributed by atoms with Crippen molar-refractivity contribution in [3.8, 4) is 0 Å². The molecule has 0 aromatic carbocycles. The smallest absolute Gasteiger partial charge is 0.0374 e. The minimum atomic E-state index is 0.462. The summed E-state index contributed by atoms with van der Waals surface area (Å²) < 4.78 is 0. The summed E-state index contributed by atoms with van der Waals surface area (Å²) >= 11 is 6.28. The monoisotopic (exact) mass is 172 g/mol. The molecule has 0 N–H and O–H groups in total. The number of alkyl halides is 1. The van der Waals surface area contributed by atoms with Crippen molar-refractivity contribution in [1.82, 2.24) is 0 Å². The third-order valence-corrected chi connectivity index (χ3v) is 5.03. The van der Waals surface area contributed by atoms with E-state index in [1.807, 2.05) is 0 Å². The summed E-state index contributed by atoms with van der Waals surface area (Å²) in [5.41, 5.74) is 1.05. The SMILES string of the molecule is CC1(C)[C@H]2CC[C@]1(C)C[C@H]2Cl. The zero-order valence-corrected chi connectivity index (χ0v) is 8.41. The average molecular weight is 173 g/mol. The van der Waals surface area contributed by atoms with Crippen molar-refractivity contribution >= 4 is 11.6 Å². The van der Waals surface area contributed by atoms with E-state index in [9.17, 15) is 0 Å². The van der Waals surface area contributed by atoms with Crippen LogP contribution in [0.2, 0.25) is 0 Å². The fourth-order valence-electron chi connectivity index (χ4n) is 3.18. The maximum atomic E-state index is 6.28. The van der Waals surface area contributed by atoms with Crippen LogP contribution in [0.5, 0.6) is 0 Å². The van der Waals surface area contributed by atoms with Gasteiger partial charge in [0.1, 0.15) is 0 Å². The van der Waals surface area contributed by atoms with E-state index in [4.69, 9.17) is 11.6 Å². The minimum absolute atomic E-state index is 0.462. The summed E-state index contributed by atoms with van der Waals surface area (Å²) in [6.07, 6.45) is 4.00. The second-order valence-electron chi connectivity index (χ2n) is 5.15. The fraction of sp³-hybridized carbons (Fsp3) is 1.00. The van der Waals surface area contributed by atoms with Gasteiger partial charge in [0.2, 0.25) is 0 Å². The summed E-state index contributed by atoms with van der Waals surface area (Å²) in [6, 6.07) is 0. The average Bonchev–Trinajstić information content (AvgIpc) is 2.13. The van der Waals surface area contributed by atoms with Crippen molar-refractivity contribution in [3.63, 3.8) is 0 Å². The lowest BCUT2D eigenvalue weighted by molar-refractivity contribution is 0.152. The van der Waals surface area contributed by atoms with Gasteiger partial charge >= 0.3 is 0 Å². The van der Waals surface area contributed by atoms with Gasteiger partial charge in [-0.25, -0.2) is 0 Å². The van der Waals surface area contributed by atoms with Crippen LogP contribution in [-0.2, 0) is 0 Å². The van der Waals surface area contributed by atoms with Crippen LogP contribution in [0.4, 0.5) is 0 Å². The molecule has 0 nitrogen and oxygen atoms in total. The van der Waals surface area contributed by atoms with Crippen LogP contribution in [0.1, 0.15) is 40.0 Å². The molecule has 2 aliphatic rings. The molecule has 0 saturated heterocycles. The van der Waals surface area contributed by atoms with Gasteiger partial charge in [0.15, 0.2) is 0 Å². The predicted octanol–water partition coefficient (Wildman–Crippen LogP) is 3.44. The summed E-state index contributed by atoms with van der Waals surface area (Å²) in [7, 11) is 0. The molecule has 0 unspecified atom stereocenters. The molecule has 2 fully saturated rings. The normalized spacial score (nSPS) is 53.5. The van der Waals surface area contributed by atoms with Gasteiger partial charge < -0.3 is 0 Å². The standard InChI is InChI=1S/C10H17Cl/c1-9(2)7-4-5-10(9,3)6-8(7)11/h7-8H,4-6H2,1-3H3/t7-,8+,10+/m0/s1. The lowest BCUT2D eigenvalue weighted by Crippen LogP contribution is -2.26. The van der Waals surface area contributed by atoms with E-state index in [0.29, 0.717) is 16.2 Å². The van der Waals surface area contributed by atoms with Crippen LogP contribution >= 0.6 is 11.6 Å². The van der Waals surface area contributed by atoms with E-state index in [2.05, 4.69) is 20.8 Å². The van der Waals surface area contributed by atoms with E-state index in [1.165, 1.54) is 19.3 Å². The second-order valence-corrected chi connectivity index (χ2v) is 5.71. The molecule has 1 heteroatoms. The zero-order chi connectivity index (χ0) is 8.28. The quantitative estimate of drug-likeness (QED) is 0.491. The van der Waals surface area contributed by atoms with Gasteiger partial charge in [-0.1, -0.05) is 20.8 Å². The number of halogens is 1. The Morgan fingerprint density at radius 1 is 1.27 bits per heavy atom. The molecule has 0 radical (unpaired) electrons. The molecule has 2 aliphatic carbocycles. The van der Waals surface area contributed by atoms with Gasteiger partial charge in [-0.15, -0.1) is 11.6 Å². The molecule has 0 aliphatic heterocycles. The minimum Gasteiger partial charge on any atom is -0.123 e. The molecule has 0 aromatic rings. The molecular formula is C10H17Cl. The zero-order valence-electron chi connectivity index (χ0n) is 7.65. The summed E-state index contributed by atoms with van der Waals surface area (Å²) in [5.74, 6) is 0.786. The van der Waals surface area contributed by atoms with E-state index >= 15 is 0 Å². The molecule has 11 heavy (non-hydrogen) atoms. The van der Waals surface area contributed by atoms with Crippen LogP contribution in [-0.4, -0.2) is 5.38 Å². The molecule has 2 bridgehead atoms. The lowest BCUT2D eigenvalue weighted by atomic mass is 9.71. The Hall–Kier alpha value is 0.290. The maximum absolute atomic E-state index is 6.28. The van der Waals surface area contributed by atoms with Gasteiger partial charge in [-0.05, 0) is 36.0 Å². The van der Waals surface area contributed by atoms with Crippen molar-refractivity contribution in [2.24, 2.45) is 16.7 Å². The first kappa shape index (κ1) is 7.91. The first-order chi connectivity index (χ1) is 4.97. The van der Waals surface area contributed by atoms with Crippen LogP contribution in [0.3, 0.4) is 0 Å². The van der Waals surface area contributed by atoms with Crippen LogP contribution < -0.4 is 0 Å². The molecule has 2 saturated carbocycles.